The van der Waals surface area contributed by atoms with Crippen molar-refractivity contribution in [3.05, 3.63) is 0 Å². The molecule has 11 heavy (non-hydrogen) atoms. The van der Waals surface area contributed by atoms with Crippen molar-refractivity contribution in [2.45, 2.75) is 12.2 Å². The molecule has 0 radical (unpaired) electrons. The summed E-state index contributed by atoms with van der Waals surface area (Å²) in [6, 6.07) is 0. The van der Waals surface area contributed by atoms with Crippen LogP contribution in [0.1, 0.15) is 0 Å². The fourth-order valence-electron chi connectivity index (χ4n) is 1.99. The van der Waals surface area contributed by atoms with Gasteiger partial charge in [-0.1, -0.05) is 0 Å². The molecule has 1 saturated carbocycles. The largest absolute Gasteiger partial charge is 0.384 e. The van der Waals surface area contributed by atoms with E-state index in [4.69, 9.17) is 14.2 Å². The second kappa shape index (κ2) is 2.73. The molecule has 0 bridgehead atoms. The fourth-order valence-corrected chi connectivity index (χ4v) is 1.99. The molecule has 0 aromatic heterocycles. The molecule has 1 aliphatic heterocycles. The molecule has 2 fully saturated rings. The summed E-state index contributed by atoms with van der Waals surface area (Å²) in [5.74, 6) is 1.18. The van der Waals surface area contributed by atoms with Crippen molar-refractivity contribution in [1.82, 2.24) is 0 Å². The quantitative estimate of drug-likeness (QED) is 0.551. The molecule has 0 spiro atoms. The van der Waals surface area contributed by atoms with Crippen molar-refractivity contribution in [2.75, 3.05) is 27.4 Å². The maximum atomic E-state index is 5.40. The number of methoxy groups -OCH3 is 2. The van der Waals surface area contributed by atoms with E-state index in [9.17, 15) is 0 Å². The number of hydrogen-bond donors (Lipinski definition) is 0. The van der Waals surface area contributed by atoms with E-state index in [1.54, 1.807) is 14.2 Å². The Balaban J connectivity index is 1.80. The molecule has 64 valence electrons. The molecule has 0 unspecified atom stereocenters. The summed E-state index contributed by atoms with van der Waals surface area (Å²) in [6.45, 7) is 1.63. The third kappa shape index (κ3) is 1.08. The molecule has 3 heteroatoms. The van der Waals surface area contributed by atoms with Crippen molar-refractivity contribution in [3.63, 3.8) is 0 Å². The van der Waals surface area contributed by atoms with Crippen LogP contribution in [0.2, 0.25) is 0 Å². The number of hydrogen-bond acceptors (Lipinski definition) is 3. The van der Waals surface area contributed by atoms with Gasteiger partial charge in [-0.25, -0.2) is 0 Å². The van der Waals surface area contributed by atoms with Crippen LogP contribution in [0.15, 0.2) is 0 Å². The van der Waals surface area contributed by atoms with Crippen LogP contribution in [-0.4, -0.2) is 39.6 Å². The normalized spacial score (nSPS) is 46.4. The Kier molecular flexibility index (Phi) is 1.87. The van der Waals surface area contributed by atoms with Crippen LogP contribution in [0.4, 0.5) is 0 Å². The molecule has 2 aliphatic rings. The van der Waals surface area contributed by atoms with Crippen LogP contribution < -0.4 is 0 Å². The molecular weight excluding hydrogens is 144 g/mol. The molecule has 0 amide bonds. The van der Waals surface area contributed by atoms with Gasteiger partial charge in [0.1, 0.15) is 0 Å². The Morgan fingerprint density at radius 2 is 1.45 bits per heavy atom. The maximum Gasteiger partial charge on any atom is 0.0900 e. The molecule has 0 aromatic carbocycles. The standard InChI is InChI=1S/C8H14O3/c1-9-3-5-6(4-10-2)8-7(5)11-8/h5-8H,3-4H2,1-2H3/t5-,6-,7-,8+/m1/s1. The molecule has 2 rings (SSSR count). The van der Waals surface area contributed by atoms with Gasteiger partial charge in [-0.2, -0.15) is 0 Å². The molecule has 3 nitrogen and oxygen atoms in total. The molecule has 0 N–H and O–H groups in total. The Labute approximate surface area is 66.6 Å². The van der Waals surface area contributed by atoms with Gasteiger partial charge in [-0.15, -0.1) is 0 Å². The lowest BCUT2D eigenvalue weighted by molar-refractivity contribution is 0.0387. The second-order valence-electron chi connectivity index (χ2n) is 3.30. The molecule has 1 saturated heterocycles. The van der Waals surface area contributed by atoms with Crippen LogP contribution in [0.5, 0.6) is 0 Å². The predicted molar refractivity (Wildman–Crippen MR) is 39.4 cm³/mol. The summed E-state index contributed by atoms with van der Waals surface area (Å²) in [6.07, 6.45) is 0.991. The average molecular weight is 158 g/mol. The maximum absolute atomic E-state index is 5.40. The number of fused-ring (bicyclic) bond motifs is 1. The zero-order valence-electron chi connectivity index (χ0n) is 6.95. The molecule has 4 atom stereocenters. The zero-order chi connectivity index (χ0) is 7.84. The van der Waals surface area contributed by atoms with E-state index < -0.39 is 0 Å². The monoisotopic (exact) mass is 158 g/mol. The average Bonchev–Trinajstić information content (AvgIpc) is 2.71. The van der Waals surface area contributed by atoms with Gasteiger partial charge < -0.3 is 14.2 Å². The summed E-state index contributed by atoms with van der Waals surface area (Å²) in [4.78, 5) is 0. The zero-order valence-corrected chi connectivity index (χ0v) is 6.95. The van der Waals surface area contributed by atoms with Crippen molar-refractivity contribution < 1.29 is 14.2 Å². The summed E-state index contributed by atoms with van der Waals surface area (Å²) in [5.41, 5.74) is 0. The van der Waals surface area contributed by atoms with Gasteiger partial charge in [0.15, 0.2) is 0 Å². The fraction of sp³-hybridized carbons (Fsp3) is 1.00. The highest BCUT2D eigenvalue weighted by Gasteiger charge is 2.63. The molecule has 0 aromatic rings. The predicted octanol–water partition coefficient (Wildman–Crippen LogP) is 0.293. The second-order valence-corrected chi connectivity index (χ2v) is 3.30. The third-order valence-electron chi connectivity index (χ3n) is 2.67. The van der Waals surface area contributed by atoms with E-state index >= 15 is 0 Å². The Bertz CT molecular complexity index is 132. The lowest BCUT2D eigenvalue weighted by atomic mass is 9.75. The van der Waals surface area contributed by atoms with E-state index in [2.05, 4.69) is 0 Å². The van der Waals surface area contributed by atoms with Crippen molar-refractivity contribution in [3.8, 4) is 0 Å². The third-order valence-corrected chi connectivity index (χ3v) is 2.67. The van der Waals surface area contributed by atoms with Crippen molar-refractivity contribution in [1.29, 1.82) is 0 Å². The van der Waals surface area contributed by atoms with Gasteiger partial charge in [0.25, 0.3) is 0 Å². The van der Waals surface area contributed by atoms with Crippen molar-refractivity contribution in [2.24, 2.45) is 11.8 Å². The first-order valence-electron chi connectivity index (χ1n) is 4.02. The Hall–Kier alpha value is -0.120. The molecular formula is C8H14O3. The number of ether oxygens (including phenoxy) is 3. The van der Waals surface area contributed by atoms with Crippen LogP contribution in [0.3, 0.4) is 0 Å². The Morgan fingerprint density at radius 1 is 1.00 bits per heavy atom. The first-order chi connectivity index (χ1) is 5.38. The summed E-state index contributed by atoms with van der Waals surface area (Å²) in [5, 5.41) is 0. The summed E-state index contributed by atoms with van der Waals surface area (Å²) in [7, 11) is 3.47. The summed E-state index contributed by atoms with van der Waals surface area (Å²) >= 11 is 0. The van der Waals surface area contributed by atoms with E-state index in [0.29, 0.717) is 24.0 Å². The van der Waals surface area contributed by atoms with Crippen LogP contribution in [-0.2, 0) is 14.2 Å². The summed E-state index contributed by atoms with van der Waals surface area (Å²) < 4.78 is 15.6. The highest BCUT2D eigenvalue weighted by molar-refractivity contribution is 5.09. The smallest absolute Gasteiger partial charge is 0.0900 e. The van der Waals surface area contributed by atoms with Gasteiger partial charge in [0.2, 0.25) is 0 Å². The number of epoxide rings is 1. The van der Waals surface area contributed by atoms with Crippen LogP contribution in [0.25, 0.3) is 0 Å². The van der Waals surface area contributed by atoms with Gasteiger partial charge in [0.05, 0.1) is 25.4 Å². The Morgan fingerprint density at radius 3 is 1.82 bits per heavy atom. The van der Waals surface area contributed by atoms with Gasteiger partial charge in [-0.3, -0.25) is 0 Å². The minimum atomic E-state index is 0.495. The lowest BCUT2D eigenvalue weighted by Gasteiger charge is -2.30. The minimum Gasteiger partial charge on any atom is -0.384 e. The van der Waals surface area contributed by atoms with Crippen LogP contribution >= 0.6 is 0 Å². The first-order valence-corrected chi connectivity index (χ1v) is 4.02. The van der Waals surface area contributed by atoms with E-state index in [-0.39, 0.29) is 0 Å². The highest BCUT2D eigenvalue weighted by Crippen LogP contribution is 2.51. The SMILES string of the molecule is COC[C@@H]1[C@@H](COC)[C@@H]2O[C@H]12. The minimum absolute atomic E-state index is 0.495. The van der Waals surface area contributed by atoms with E-state index in [0.717, 1.165) is 13.2 Å². The molecule has 1 heterocycles. The highest BCUT2D eigenvalue weighted by atomic mass is 16.6. The lowest BCUT2D eigenvalue weighted by Crippen LogP contribution is -2.42. The van der Waals surface area contributed by atoms with Gasteiger partial charge in [-0.05, 0) is 0 Å². The van der Waals surface area contributed by atoms with Crippen LogP contribution in [0, 0.1) is 11.8 Å². The first kappa shape index (κ1) is 7.53. The topological polar surface area (TPSA) is 31.0 Å². The van der Waals surface area contributed by atoms with E-state index in [1.165, 1.54) is 0 Å². The molecule has 1 aliphatic carbocycles. The van der Waals surface area contributed by atoms with E-state index in [1.807, 2.05) is 0 Å². The number of rotatable bonds is 4. The van der Waals surface area contributed by atoms with Gasteiger partial charge >= 0.3 is 0 Å². The van der Waals surface area contributed by atoms with Crippen molar-refractivity contribution >= 4 is 0 Å². The van der Waals surface area contributed by atoms with Gasteiger partial charge in [0, 0.05) is 26.1 Å².